The molecule has 0 unspecified atom stereocenters. The minimum Gasteiger partial charge on any atom is -0.406 e. The van der Waals surface area contributed by atoms with Crippen LogP contribution in [0.15, 0.2) is 42.6 Å². The molecule has 4 nitrogen and oxygen atoms in total. The van der Waals surface area contributed by atoms with Gasteiger partial charge in [-0.25, -0.2) is 4.98 Å². The summed E-state index contributed by atoms with van der Waals surface area (Å²) in [6.07, 6.45) is -3.72. The Balaban J connectivity index is 2.13. The predicted octanol–water partition coefficient (Wildman–Crippen LogP) is 3.37. The molecule has 0 aliphatic heterocycles. The number of amides is 1. The molecule has 21 heavy (non-hydrogen) atoms. The molecule has 2 aromatic rings. The fraction of sp³-hybridized carbons (Fsp3) is 0.0769. The lowest BCUT2D eigenvalue weighted by Crippen LogP contribution is -2.17. The minimum absolute atomic E-state index is 0.00959. The van der Waals surface area contributed by atoms with Gasteiger partial charge in [-0.1, -0.05) is 6.07 Å². The topological polar surface area (TPSA) is 51.2 Å². The van der Waals surface area contributed by atoms with Crippen LogP contribution in [0.2, 0.25) is 0 Å². The van der Waals surface area contributed by atoms with Crippen LogP contribution < -0.4 is 10.1 Å². The van der Waals surface area contributed by atoms with E-state index in [4.69, 9.17) is 0 Å². The van der Waals surface area contributed by atoms with Gasteiger partial charge in [-0.2, -0.15) is 4.39 Å². The van der Waals surface area contributed by atoms with Gasteiger partial charge in [0.25, 0.3) is 5.91 Å². The first-order valence-corrected chi connectivity index (χ1v) is 5.62. The number of rotatable bonds is 3. The standard InChI is InChI=1S/C13H8F4N2O2/c14-11-6-8(4-5-18-11)12(20)19-9-2-1-3-10(7-9)21-13(15,16)17/h1-7H,(H,19,20). The van der Waals surface area contributed by atoms with Gasteiger partial charge < -0.3 is 10.1 Å². The maximum atomic E-state index is 12.9. The van der Waals surface area contributed by atoms with E-state index in [9.17, 15) is 22.4 Å². The van der Waals surface area contributed by atoms with Crippen LogP contribution in [-0.4, -0.2) is 17.3 Å². The van der Waals surface area contributed by atoms with Crippen LogP contribution >= 0.6 is 0 Å². The summed E-state index contributed by atoms with van der Waals surface area (Å²) in [6.45, 7) is 0. The fourth-order valence-corrected chi connectivity index (χ4v) is 1.52. The Hall–Kier alpha value is -2.64. The second-order valence-corrected chi connectivity index (χ2v) is 3.90. The molecule has 0 fully saturated rings. The number of carbonyl (C=O) groups excluding carboxylic acids is 1. The molecule has 1 heterocycles. The summed E-state index contributed by atoms with van der Waals surface area (Å²) < 4.78 is 52.9. The molecule has 2 rings (SSSR count). The van der Waals surface area contributed by atoms with Crippen molar-refractivity contribution in [2.24, 2.45) is 0 Å². The van der Waals surface area contributed by atoms with E-state index in [-0.39, 0.29) is 11.3 Å². The monoisotopic (exact) mass is 300 g/mol. The number of nitrogens with one attached hydrogen (secondary N) is 1. The van der Waals surface area contributed by atoms with Crippen molar-refractivity contribution in [2.75, 3.05) is 5.32 Å². The lowest BCUT2D eigenvalue weighted by atomic mass is 10.2. The largest absolute Gasteiger partial charge is 0.573 e. The number of pyridine rings is 1. The SMILES string of the molecule is O=C(Nc1cccc(OC(F)(F)F)c1)c1ccnc(F)c1. The van der Waals surface area contributed by atoms with Crippen molar-refractivity contribution < 1.29 is 27.1 Å². The quantitative estimate of drug-likeness (QED) is 0.698. The number of aromatic nitrogens is 1. The maximum Gasteiger partial charge on any atom is 0.573 e. The van der Waals surface area contributed by atoms with Crippen molar-refractivity contribution in [3.05, 3.63) is 54.1 Å². The first-order chi connectivity index (χ1) is 9.83. The smallest absolute Gasteiger partial charge is 0.406 e. The lowest BCUT2D eigenvalue weighted by molar-refractivity contribution is -0.274. The van der Waals surface area contributed by atoms with Gasteiger partial charge in [0, 0.05) is 29.6 Å². The van der Waals surface area contributed by atoms with Gasteiger partial charge in [-0.15, -0.1) is 13.2 Å². The van der Waals surface area contributed by atoms with Crippen molar-refractivity contribution in [3.8, 4) is 5.75 Å². The third kappa shape index (κ3) is 4.44. The number of hydrogen-bond acceptors (Lipinski definition) is 3. The summed E-state index contributed by atoms with van der Waals surface area (Å²) in [6, 6.07) is 6.93. The maximum absolute atomic E-state index is 12.9. The summed E-state index contributed by atoms with van der Waals surface area (Å²) in [7, 11) is 0. The van der Waals surface area contributed by atoms with Crippen LogP contribution in [-0.2, 0) is 0 Å². The molecule has 0 atom stereocenters. The Bertz CT molecular complexity index is 659. The van der Waals surface area contributed by atoms with Gasteiger partial charge in [0.05, 0.1) is 0 Å². The van der Waals surface area contributed by atoms with Gasteiger partial charge in [0.15, 0.2) is 0 Å². The summed E-state index contributed by atoms with van der Waals surface area (Å²) in [4.78, 5) is 15.1. The van der Waals surface area contributed by atoms with Gasteiger partial charge in [0.2, 0.25) is 5.95 Å². The molecular formula is C13H8F4N2O2. The van der Waals surface area contributed by atoms with Gasteiger partial charge in [-0.05, 0) is 18.2 Å². The molecule has 110 valence electrons. The second-order valence-electron chi connectivity index (χ2n) is 3.90. The van der Waals surface area contributed by atoms with Crippen molar-refractivity contribution >= 4 is 11.6 Å². The molecule has 0 saturated carbocycles. The lowest BCUT2D eigenvalue weighted by Gasteiger charge is -2.10. The number of carbonyl (C=O) groups is 1. The molecule has 0 saturated heterocycles. The highest BCUT2D eigenvalue weighted by atomic mass is 19.4. The van der Waals surface area contributed by atoms with Crippen LogP contribution in [0.4, 0.5) is 23.2 Å². The van der Waals surface area contributed by atoms with E-state index in [1.165, 1.54) is 18.2 Å². The first-order valence-electron chi connectivity index (χ1n) is 5.62. The third-order valence-electron chi connectivity index (χ3n) is 2.31. The van der Waals surface area contributed by atoms with E-state index in [0.717, 1.165) is 24.4 Å². The Morgan fingerprint density at radius 2 is 1.95 bits per heavy atom. The Morgan fingerprint density at radius 3 is 2.62 bits per heavy atom. The highest BCUT2D eigenvalue weighted by molar-refractivity contribution is 6.04. The van der Waals surface area contributed by atoms with E-state index in [1.54, 1.807) is 0 Å². The Morgan fingerprint density at radius 1 is 1.19 bits per heavy atom. The third-order valence-corrected chi connectivity index (χ3v) is 2.31. The summed E-state index contributed by atoms with van der Waals surface area (Å²) in [5, 5.41) is 2.33. The molecule has 0 bridgehead atoms. The fourth-order valence-electron chi connectivity index (χ4n) is 1.52. The van der Waals surface area contributed by atoms with Crippen molar-refractivity contribution in [3.63, 3.8) is 0 Å². The van der Waals surface area contributed by atoms with E-state index in [0.29, 0.717) is 0 Å². The minimum atomic E-state index is -4.82. The van der Waals surface area contributed by atoms with Crippen LogP contribution in [0, 0.1) is 5.95 Å². The number of benzene rings is 1. The molecule has 1 N–H and O–H groups in total. The van der Waals surface area contributed by atoms with Crippen LogP contribution in [0.1, 0.15) is 10.4 Å². The van der Waals surface area contributed by atoms with E-state index in [1.807, 2.05) is 0 Å². The van der Waals surface area contributed by atoms with Gasteiger partial charge >= 0.3 is 6.36 Å². The van der Waals surface area contributed by atoms with Crippen LogP contribution in [0.5, 0.6) is 5.75 Å². The average Bonchev–Trinajstić information content (AvgIpc) is 2.37. The molecular weight excluding hydrogens is 292 g/mol. The van der Waals surface area contributed by atoms with Crippen molar-refractivity contribution in [1.29, 1.82) is 0 Å². The Labute approximate surface area is 116 Å². The second kappa shape index (κ2) is 5.78. The molecule has 0 spiro atoms. The zero-order valence-electron chi connectivity index (χ0n) is 10.3. The zero-order chi connectivity index (χ0) is 15.5. The van der Waals surface area contributed by atoms with Gasteiger partial charge in [0.1, 0.15) is 5.75 Å². The normalized spacial score (nSPS) is 11.0. The molecule has 0 aliphatic rings. The molecule has 0 radical (unpaired) electrons. The summed E-state index contributed by atoms with van der Waals surface area (Å²) in [5.74, 6) is -1.99. The molecule has 0 aliphatic carbocycles. The highest BCUT2D eigenvalue weighted by Gasteiger charge is 2.31. The number of hydrogen-bond donors (Lipinski definition) is 1. The molecule has 1 aromatic carbocycles. The summed E-state index contributed by atoms with van der Waals surface area (Å²) >= 11 is 0. The van der Waals surface area contributed by atoms with E-state index >= 15 is 0 Å². The molecule has 8 heteroatoms. The highest BCUT2D eigenvalue weighted by Crippen LogP contribution is 2.25. The average molecular weight is 300 g/mol. The molecule has 1 amide bonds. The van der Waals surface area contributed by atoms with E-state index in [2.05, 4.69) is 15.0 Å². The van der Waals surface area contributed by atoms with Crippen LogP contribution in [0.25, 0.3) is 0 Å². The van der Waals surface area contributed by atoms with Crippen molar-refractivity contribution in [1.82, 2.24) is 4.98 Å². The van der Waals surface area contributed by atoms with Crippen LogP contribution in [0.3, 0.4) is 0 Å². The number of ether oxygens (including phenoxy) is 1. The number of nitrogens with zero attached hydrogens (tertiary/aromatic N) is 1. The number of halogens is 4. The molecule has 1 aromatic heterocycles. The van der Waals surface area contributed by atoms with E-state index < -0.39 is 24.0 Å². The van der Waals surface area contributed by atoms with Gasteiger partial charge in [-0.3, -0.25) is 4.79 Å². The zero-order valence-corrected chi connectivity index (χ0v) is 10.3. The van der Waals surface area contributed by atoms with Crippen molar-refractivity contribution in [2.45, 2.75) is 6.36 Å². The first kappa shape index (κ1) is 14.8. The predicted molar refractivity (Wildman–Crippen MR) is 65.3 cm³/mol. The summed E-state index contributed by atoms with van der Waals surface area (Å²) in [5.41, 5.74) is 0.0728. The number of alkyl halides is 3. The number of anilines is 1. The Kier molecular flexibility index (Phi) is 4.06.